The average Bonchev–Trinajstić information content (AvgIpc) is 3.26. The molecule has 1 fully saturated rings. The van der Waals surface area contributed by atoms with Gasteiger partial charge in [0.1, 0.15) is 0 Å². The van der Waals surface area contributed by atoms with Crippen molar-refractivity contribution in [2.75, 3.05) is 50.7 Å². The van der Waals surface area contributed by atoms with Crippen molar-refractivity contribution in [3.05, 3.63) is 53.4 Å². The maximum absolute atomic E-state index is 11.9. The molecule has 0 saturated carbocycles. The summed E-state index contributed by atoms with van der Waals surface area (Å²) in [6.07, 6.45) is 1.48. The van der Waals surface area contributed by atoms with Gasteiger partial charge in [-0.1, -0.05) is 23.7 Å². The van der Waals surface area contributed by atoms with Gasteiger partial charge in [-0.25, -0.2) is 0 Å². The zero-order valence-corrected chi connectivity index (χ0v) is 19.5. The summed E-state index contributed by atoms with van der Waals surface area (Å²) in [5, 5.41) is 6.93. The van der Waals surface area contributed by atoms with E-state index in [0.717, 1.165) is 49.4 Å². The van der Waals surface area contributed by atoms with Crippen molar-refractivity contribution in [3.63, 3.8) is 0 Å². The maximum Gasteiger partial charge on any atom is 0.287 e. The number of para-hydroxylation sites is 1. The van der Waals surface area contributed by atoms with Crippen LogP contribution in [0, 0.1) is 0 Å². The Labute approximate surface area is 193 Å². The second-order valence-corrected chi connectivity index (χ2v) is 6.80. The first kappa shape index (κ1) is 23.3. The van der Waals surface area contributed by atoms with Crippen molar-refractivity contribution in [1.82, 2.24) is 15.5 Å². The Morgan fingerprint density at radius 3 is 2.55 bits per heavy atom. The lowest BCUT2D eigenvalue weighted by molar-refractivity contribution is 0.0927. The number of hydrogen-bond acceptors (Lipinski definition) is 4. The number of piperazine rings is 1. The molecule has 0 aliphatic carbocycles. The molecule has 0 spiro atoms. The number of benzene rings is 1. The molecule has 1 amide bonds. The third kappa shape index (κ3) is 6.53. The highest BCUT2D eigenvalue weighted by atomic mass is 127. The molecule has 0 atom stereocenters. The lowest BCUT2D eigenvalue weighted by Gasteiger charge is -2.38. The number of carbonyl (C=O) groups is 1. The molecule has 1 aliphatic heterocycles. The Bertz CT molecular complexity index is 792. The number of halogens is 2. The van der Waals surface area contributed by atoms with E-state index in [0.29, 0.717) is 18.8 Å². The quantitative estimate of drug-likeness (QED) is 0.259. The Hall–Kier alpha value is -1.94. The summed E-state index contributed by atoms with van der Waals surface area (Å²) in [5.74, 6) is 0.957. The van der Waals surface area contributed by atoms with Crippen molar-refractivity contribution >= 4 is 53.1 Å². The monoisotopic (exact) mass is 531 g/mol. The normalized spacial score (nSPS) is 14.3. The Morgan fingerprint density at radius 2 is 1.90 bits per heavy atom. The van der Waals surface area contributed by atoms with Crippen LogP contribution in [-0.2, 0) is 0 Å². The third-order valence-corrected chi connectivity index (χ3v) is 4.83. The van der Waals surface area contributed by atoms with Gasteiger partial charge in [-0.2, -0.15) is 0 Å². The summed E-state index contributed by atoms with van der Waals surface area (Å²) in [6, 6.07) is 11.3. The molecule has 2 N–H and O–H groups in total. The summed E-state index contributed by atoms with van der Waals surface area (Å²) in [7, 11) is 0. The molecule has 7 nitrogen and oxygen atoms in total. The van der Waals surface area contributed by atoms with E-state index in [4.69, 9.17) is 16.0 Å². The van der Waals surface area contributed by atoms with Crippen molar-refractivity contribution in [2.24, 2.45) is 4.99 Å². The molecule has 0 unspecified atom stereocenters. The van der Waals surface area contributed by atoms with Gasteiger partial charge in [0.2, 0.25) is 0 Å². The van der Waals surface area contributed by atoms with Crippen LogP contribution in [0.15, 0.2) is 52.1 Å². The molecular formula is C20H27ClIN5O2. The standard InChI is InChI=1S/C20H26ClN5O2.HI/c1-2-22-20(24-10-9-23-19(27)18-8-5-15-28-18)26-13-11-25(12-14-26)17-7-4-3-6-16(17)21;/h3-8,15H,2,9-14H2,1H3,(H,22,24)(H,23,27);1H. The molecule has 29 heavy (non-hydrogen) atoms. The predicted octanol–water partition coefficient (Wildman–Crippen LogP) is 3.07. The van der Waals surface area contributed by atoms with Gasteiger partial charge in [0.25, 0.3) is 5.91 Å². The molecule has 0 bridgehead atoms. The highest BCUT2D eigenvalue weighted by Crippen LogP contribution is 2.25. The molecular weight excluding hydrogens is 505 g/mol. The number of furan rings is 1. The highest BCUT2D eigenvalue weighted by Gasteiger charge is 2.21. The number of aliphatic imine (C=N–C) groups is 1. The molecule has 1 aliphatic rings. The van der Waals surface area contributed by atoms with Crippen molar-refractivity contribution in [1.29, 1.82) is 0 Å². The summed E-state index contributed by atoms with van der Waals surface area (Å²) < 4.78 is 5.08. The van der Waals surface area contributed by atoms with E-state index in [9.17, 15) is 4.79 Å². The Balaban J connectivity index is 0.00000300. The minimum Gasteiger partial charge on any atom is -0.459 e. The molecule has 2 heterocycles. The van der Waals surface area contributed by atoms with Crippen LogP contribution in [0.1, 0.15) is 17.5 Å². The first-order valence-corrected chi connectivity index (χ1v) is 9.91. The fourth-order valence-corrected chi connectivity index (χ4v) is 3.37. The van der Waals surface area contributed by atoms with E-state index < -0.39 is 0 Å². The van der Waals surface area contributed by atoms with Gasteiger partial charge < -0.3 is 24.9 Å². The van der Waals surface area contributed by atoms with E-state index in [1.807, 2.05) is 25.1 Å². The van der Waals surface area contributed by atoms with Crippen LogP contribution in [0.3, 0.4) is 0 Å². The van der Waals surface area contributed by atoms with E-state index in [-0.39, 0.29) is 29.9 Å². The largest absolute Gasteiger partial charge is 0.459 e. The maximum atomic E-state index is 11.9. The number of carbonyl (C=O) groups excluding carboxylic acids is 1. The van der Waals surface area contributed by atoms with Crippen molar-refractivity contribution in [3.8, 4) is 0 Å². The summed E-state index contributed by atoms with van der Waals surface area (Å²) in [5.41, 5.74) is 1.08. The van der Waals surface area contributed by atoms with Crippen LogP contribution < -0.4 is 15.5 Å². The summed E-state index contributed by atoms with van der Waals surface area (Å²) >= 11 is 6.32. The second kappa shape index (κ2) is 11.9. The Kier molecular flexibility index (Phi) is 9.59. The number of amides is 1. The van der Waals surface area contributed by atoms with Crippen LogP contribution in [0.2, 0.25) is 5.02 Å². The van der Waals surface area contributed by atoms with Crippen LogP contribution in [0.4, 0.5) is 5.69 Å². The predicted molar refractivity (Wildman–Crippen MR) is 128 cm³/mol. The van der Waals surface area contributed by atoms with Crippen LogP contribution in [0.5, 0.6) is 0 Å². The minimum absolute atomic E-state index is 0. The fraction of sp³-hybridized carbons (Fsp3) is 0.400. The molecule has 1 aromatic heterocycles. The van der Waals surface area contributed by atoms with E-state index in [1.54, 1.807) is 12.1 Å². The molecule has 1 saturated heterocycles. The van der Waals surface area contributed by atoms with Crippen LogP contribution in [-0.4, -0.2) is 62.6 Å². The van der Waals surface area contributed by atoms with Gasteiger partial charge in [0, 0.05) is 39.3 Å². The summed E-state index contributed by atoms with van der Waals surface area (Å²) in [4.78, 5) is 21.1. The minimum atomic E-state index is -0.224. The molecule has 1 aromatic carbocycles. The van der Waals surface area contributed by atoms with Gasteiger partial charge in [-0.3, -0.25) is 9.79 Å². The van der Waals surface area contributed by atoms with Gasteiger partial charge in [-0.15, -0.1) is 24.0 Å². The number of anilines is 1. The Morgan fingerprint density at radius 1 is 1.14 bits per heavy atom. The van der Waals surface area contributed by atoms with E-state index in [1.165, 1.54) is 6.26 Å². The third-order valence-electron chi connectivity index (χ3n) is 4.51. The van der Waals surface area contributed by atoms with Crippen LogP contribution >= 0.6 is 35.6 Å². The summed E-state index contributed by atoms with van der Waals surface area (Å²) in [6.45, 7) is 7.27. The zero-order valence-electron chi connectivity index (χ0n) is 16.4. The van der Waals surface area contributed by atoms with Gasteiger partial charge in [-0.05, 0) is 31.2 Å². The first-order chi connectivity index (χ1) is 13.7. The second-order valence-electron chi connectivity index (χ2n) is 6.39. The number of hydrogen-bond donors (Lipinski definition) is 2. The van der Waals surface area contributed by atoms with Crippen molar-refractivity contribution in [2.45, 2.75) is 6.92 Å². The van der Waals surface area contributed by atoms with E-state index in [2.05, 4.69) is 31.5 Å². The van der Waals surface area contributed by atoms with Crippen LogP contribution in [0.25, 0.3) is 0 Å². The van der Waals surface area contributed by atoms with Gasteiger partial charge in [0.15, 0.2) is 11.7 Å². The lowest BCUT2D eigenvalue weighted by atomic mass is 10.2. The highest BCUT2D eigenvalue weighted by molar-refractivity contribution is 14.0. The smallest absolute Gasteiger partial charge is 0.287 e. The molecule has 2 aromatic rings. The van der Waals surface area contributed by atoms with Gasteiger partial charge >= 0.3 is 0 Å². The molecule has 158 valence electrons. The average molecular weight is 532 g/mol. The number of guanidine groups is 1. The first-order valence-electron chi connectivity index (χ1n) is 9.53. The topological polar surface area (TPSA) is 73.1 Å². The lowest BCUT2D eigenvalue weighted by Crippen LogP contribution is -2.52. The zero-order chi connectivity index (χ0) is 19.8. The fourth-order valence-electron chi connectivity index (χ4n) is 3.12. The molecule has 0 radical (unpaired) electrons. The molecule has 9 heteroatoms. The number of nitrogens with zero attached hydrogens (tertiary/aromatic N) is 3. The van der Waals surface area contributed by atoms with E-state index >= 15 is 0 Å². The van der Waals surface area contributed by atoms with Gasteiger partial charge in [0.05, 0.1) is 23.5 Å². The number of rotatable bonds is 6. The SMILES string of the molecule is CCNC(=NCCNC(=O)c1ccco1)N1CCN(c2ccccc2Cl)CC1.I. The molecule has 3 rings (SSSR count). The number of nitrogens with one attached hydrogen (secondary N) is 2. The van der Waals surface area contributed by atoms with Crippen molar-refractivity contribution < 1.29 is 9.21 Å².